The van der Waals surface area contributed by atoms with Crippen molar-refractivity contribution in [1.29, 1.82) is 0 Å². The Balaban J connectivity index is 1.40. The van der Waals surface area contributed by atoms with E-state index in [1.807, 2.05) is 41.0 Å². The molecule has 0 fully saturated rings. The van der Waals surface area contributed by atoms with E-state index in [1.165, 1.54) is 11.1 Å². The molecule has 0 aliphatic carbocycles. The van der Waals surface area contributed by atoms with Crippen LogP contribution in [-0.4, -0.2) is 10.8 Å². The van der Waals surface area contributed by atoms with Gasteiger partial charge in [-0.25, -0.2) is 0 Å². The summed E-state index contributed by atoms with van der Waals surface area (Å²) in [6.07, 6.45) is 0.600. The third-order valence-electron chi connectivity index (χ3n) is 7.62. The predicted octanol–water partition coefficient (Wildman–Crippen LogP) is 7.07. The van der Waals surface area contributed by atoms with Gasteiger partial charge in [-0.1, -0.05) is 88.7 Å². The molecule has 2 aliphatic heterocycles. The fourth-order valence-corrected chi connectivity index (χ4v) is 6.17. The summed E-state index contributed by atoms with van der Waals surface area (Å²) in [5, 5.41) is 0.991. The number of halogens is 1. The number of hydrogen-bond donors (Lipinski definition) is 0. The Labute approximate surface area is 223 Å². The average molecular weight is 549 g/mol. The monoisotopic (exact) mass is 548 g/mol. The Hall–Kier alpha value is -3.83. The third kappa shape index (κ3) is 3.77. The van der Waals surface area contributed by atoms with Crippen LogP contribution in [0.5, 0.6) is 5.75 Å². The van der Waals surface area contributed by atoms with E-state index in [2.05, 4.69) is 87.6 Å². The van der Waals surface area contributed by atoms with E-state index in [4.69, 9.17) is 4.74 Å². The number of hydrogen-bond acceptors (Lipinski definition) is 3. The van der Waals surface area contributed by atoms with Crippen LogP contribution >= 0.6 is 15.9 Å². The van der Waals surface area contributed by atoms with Gasteiger partial charge in [-0.05, 0) is 47.0 Å². The highest BCUT2D eigenvalue weighted by Crippen LogP contribution is 2.49. The molecule has 4 nitrogen and oxygen atoms in total. The lowest BCUT2D eigenvalue weighted by atomic mass is 9.81. The Morgan fingerprint density at radius 3 is 2.32 bits per heavy atom. The molecule has 1 aromatic heterocycles. The molecule has 0 amide bonds. The lowest BCUT2D eigenvalue weighted by Gasteiger charge is -2.46. The second kappa shape index (κ2) is 8.93. The van der Waals surface area contributed by atoms with Gasteiger partial charge in [-0.3, -0.25) is 4.79 Å². The number of aromatic nitrogens is 1. The predicted molar refractivity (Wildman–Crippen MR) is 151 cm³/mol. The molecule has 0 spiro atoms. The van der Waals surface area contributed by atoms with Crippen molar-refractivity contribution in [3.63, 3.8) is 0 Å². The number of para-hydroxylation sites is 2. The number of ether oxygens (including phenoxy) is 1. The number of fused-ring (bicyclic) bond motifs is 8. The largest absolute Gasteiger partial charge is 0.469 e. The smallest absolute Gasteiger partial charge is 0.258 e. The molecule has 5 aromatic rings. The number of benzene rings is 4. The van der Waals surface area contributed by atoms with E-state index in [1.54, 1.807) is 0 Å². The van der Waals surface area contributed by atoms with Crippen LogP contribution in [0, 0.1) is 0 Å². The molecule has 5 heteroatoms. The van der Waals surface area contributed by atoms with E-state index < -0.39 is 0 Å². The minimum Gasteiger partial charge on any atom is -0.469 e. The van der Waals surface area contributed by atoms with Crippen molar-refractivity contribution < 1.29 is 4.74 Å². The molecule has 0 saturated heterocycles. The second-order valence-electron chi connectivity index (χ2n) is 9.81. The highest BCUT2D eigenvalue weighted by atomic mass is 79.9. The first-order chi connectivity index (χ1) is 18.2. The van der Waals surface area contributed by atoms with Crippen LogP contribution in [0.15, 0.2) is 112 Å². The maximum Gasteiger partial charge on any atom is 0.258 e. The highest BCUT2D eigenvalue weighted by Gasteiger charge is 2.42. The molecule has 37 heavy (non-hydrogen) atoms. The van der Waals surface area contributed by atoms with E-state index in [-0.39, 0.29) is 17.7 Å². The molecule has 0 N–H and O–H groups in total. The zero-order valence-electron chi connectivity index (χ0n) is 20.2. The Morgan fingerprint density at radius 1 is 0.784 bits per heavy atom. The Kier molecular flexibility index (Phi) is 5.40. The fraction of sp³-hybridized carbons (Fsp3) is 0.156. The van der Waals surface area contributed by atoms with Gasteiger partial charge in [0.1, 0.15) is 5.75 Å². The van der Waals surface area contributed by atoms with Crippen molar-refractivity contribution in [1.82, 2.24) is 4.57 Å². The molecule has 4 aromatic carbocycles. The van der Waals surface area contributed by atoms with Gasteiger partial charge in [0.05, 0.1) is 17.6 Å². The Bertz CT molecular complexity index is 1680. The molecule has 182 valence electrons. The van der Waals surface area contributed by atoms with Gasteiger partial charge in [-0.2, -0.15) is 0 Å². The van der Waals surface area contributed by atoms with Crippen molar-refractivity contribution in [3.8, 4) is 5.75 Å². The molecule has 2 atom stereocenters. The van der Waals surface area contributed by atoms with Gasteiger partial charge < -0.3 is 14.2 Å². The second-order valence-corrected chi connectivity index (χ2v) is 10.7. The third-order valence-corrected chi connectivity index (χ3v) is 8.15. The van der Waals surface area contributed by atoms with Crippen molar-refractivity contribution >= 4 is 32.5 Å². The summed E-state index contributed by atoms with van der Waals surface area (Å²) < 4.78 is 9.76. The molecular formula is C32H25BrN2O2. The van der Waals surface area contributed by atoms with Crippen LogP contribution in [0.25, 0.3) is 10.9 Å². The van der Waals surface area contributed by atoms with E-state index in [0.717, 1.165) is 50.9 Å². The van der Waals surface area contributed by atoms with E-state index in [0.29, 0.717) is 6.54 Å². The fourth-order valence-electron chi connectivity index (χ4n) is 5.90. The topological polar surface area (TPSA) is 34.5 Å². The number of pyridine rings is 1. The summed E-state index contributed by atoms with van der Waals surface area (Å²) in [6, 6.07) is 35.3. The lowest BCUT2D eigenvalue weighted by Crippen LogP contribution is -2.48. The molecule has 7 rings (SSSR count). The molecule has 2 bridgehead atoms. The van der Waals surface area contributed by atoms with E-state index >= 15 is 0 Å². The van der Waals surface area contributed by atoms with E-state index in [9.17, 15) is 4.79 Å². The number of anilines is 1. The highest BCUT2D eigenvalue weighted by molar-refractivity contribution is 9.10. The summed E-state index contributed by atoms with van der Waals surface area (Å²) in [4.78, 5) is 16.6. The average Bonchev–Trinajstić information content (AvgIpc) is 2.94. The zero-order valence-corrected chi connectivity index (χ0v) is 21.8. The van der Waals surface area contributed by atoms with Gasteiger partial charge in [0.25, 0.3) is 5.56 Å². The normalized spacial score (nSPS) is 17.7. The summed E-state index contributed by atoms with van der Waals surface area (Å²) in [5.41, 5.74) is 6.38. The first-order valence-electron chi connectivity index (χ1n) is 12.6. The SMILES string of the molecule is O=c1c2c(c3ccccc3n1Cc1ccccc1)O[C@@H]1C[C@H]2c2ccccc2N1Cc1ccc(Br)cc1. The molecular weight excluding hydrogens is 524 g/mol. The molecule has 3 heterocycles. The summed E-state index contributed by atoms with van der Waals surface area (Å²) in [5.74, 6) is 0.728. The summed E-state index contributed by atoms with van der Waals surface area (Å²) >= 11 is 3.54. The minimum atomic E-state index is -0.149. The van der Waals surface area contributed by atoms with Crippen molar-refractivity contribution in [2.45, 2.75) is 31.7 Å². The number of rotatable bonds is 4. The van der Waals surface area contributed by atoms with Crippen molar-refractivity contribution in [2.24, 2.45) is 0 Å². The number of nitrogens with zero attached hydrogens (tertiary/aromatic N) is 2. The van der Waals surface area contributed by atoms with Gasteiger partial charge in [0, 0.05) is 34.4 Å². The van der Waals surface area contributed by atoms with Gasteiger partial charge >= 0.3 is 0 Å². The molecule has 2 aliphatic rings. The maximum absolute atomic E-state index is 14.2. The quantitative estimate of drug-likeness (QED) is 0.241. The maximum atomic E-state index is 14.2. The van der Waals surface area contributed by atoms with Gasteiger partial charge in [0.2, 0.25) is 0 Å². The molecule has 0 radical (unpaired) electrons. The van der Waals surface area contributed by atoms with Gasteiger partial charge in [-0.15, -0.1) is 0 Å². The van der Waals surface area contributed by atoms with Crippen LogP contribution in [0.2, 0.25) is 0 Å². The Morgan fingerprint density at radius 2 is 1.49 bits per heavy atom. The summed E-state index contributed by atoms with van der Waals surface area (Å²) in [6.45, 7) is 1.26. The van der Waals surface area contributed by atoms with Gasteiger partial charge in [0.15, 0.2) is 6.23 Å². The van der Waals surface area contributed by atoms with Crippen LogP contribution in [0.4, 0.5) is 5.69 Å². The first kappa shape index (κ1) is 22.4. The summed E-state index contributed by atoms with van der Waals surface area (Å²) in [7, 11) is 0. The van der Waals surface area contributed by atoms with Crippen molar-refractivity contribution in [3.05, 3.63) is 140 Å². The van der Waals surface area contributed by atoms with Crippen LogP contribution in [0.3, 0.4) is 0 Å². The van der Waals surface area contributed by atoms with Crippen LogP contribution in [0.1, 0.15) is 34.6 Å². The van der Waals surface area contributed by atoms with Crippen LogP contribution in [-0.2, 0) is 13.1 Å². The minimum absolute atomic E-state index is 0.00903. The first-order valence-corrected chi connectivity index (χ1v) is 13.4. The lowest BCUT2D eigenvalue weighted by molar-refractivity contribution is 0.151. The molecule has 0 saturated carbocycles. The standard InChI is InChI=1S/C32H25BrN2O2/c33-23-16-14-22(15-17-23)19-34-27-12-6-4-10-24(27)26-18-29(34)37-31-25-11-5-7-13-28(25)35(32(36)30(26)31)20-21-8-2-1-3-9-21/h1-17,26,29H,18-20H2/t26-,29+/m0/s1. The van der Waals surface area contributed by atoms with Crippen LogP contribution < -0.4 is 15.2 Å². The van der Waals surface area contributed by atoms with Crippen molar-refractivity contribution in [2.75, 3.05) is 4.90 Å². The zero-order chi connectivity index (χ0) is 24.9. The molecule has 0 unspecified atom stereocenters.